The number of ether oxygens (including phenoxy) is 1. The lowest BCUT2D eigenvalue weighted by Gasteiger charge is -2.22. The van der Waals surface area contributed by atoms with Crippen LogP contribution in [0.5, 0.6) is 0 Å². The van der Waals surface area contributed by atoms with Crippen LogP contribution in [0, 0.1) is 17.2 Å². The van der Waals surface area contributed by atoms with Crippen LogP contribution in [-0.2, 0) is 9.53 Å². The molecule has 0 fully saturated rings. The zero-order valence-corrected chi connectivity index (χ0v) is 19.1. The predicted molar refractivity (Wildman–Crippen MR) is 124 cm³/mol. The highest BCUT2D eigenvalue weighted by molar-refractivity contribution is 6.42. The number of nitrogens with zero attached hydrogens (tertiary/aromatic N) is 1. The molecule has 3 unspecified atom stereocenters. The number of alkyl halides is 1. The van der Waals surface area contributed by atoms with Crippen LogP contribution in [0.1, 0.15) is 54.3 Å². The third-order valence-electron chi connectivity index (χ3n) is 5.17. The molecule has 6 heteroatoms. The Morgan fingerprint density at radius 1 is 0.875 bits per heavy atom. The van der Waals surface area contributed by atoms with Gasteiger partial charge >= 0.3 is 5.97 Å². The average Bonchev–Trinajstić information content (AvgIpc) is 2.80. The number of hydrogen-bond donors (Lipinski definition) is 0. The standard InChI is InChI=1S/C26H22Cl2FNO2/c1-16(2)24(19-11-12-21(27)22(28)14-19)26(31)32-23(15-30)18-9-6-10-20(13-18)25(29)17-7-4-3-5-8-17/h3-14,16,23-25H,1-2H3. The molecule has 3 aromatic carbocycles. The van der Waals surface area contributed by atoms with Crippen molar-refractivity contribution in [3.63, 3.8) is 0 Å². The largest absolute Gasteiger partial charge is 0.441 e. The Labute approximate surface area is 197 Å². The summed E-state index contributed by atoms with van der Waals surface area (Å²) in [5.74, 6) is -1.31. The van der Waals surface area contributed by atoms with Crippen LogP contribution in [0.15, 0.2) is 72.8 Å². The van der Waals surface area contributed by atoms with E-state index in [2.05, 4.69) is 0 Å². The second-order valence-electron chi connectivity index (χ2n) is 7.78. The van der Waals surface area contributed by atoms with Gasteiger partial charge in [-0.3, -0.25) is 4.79 Å². The van der Waals surface area contributed by atoms with E-state index >= 15 is 0 Å². The molecule has 0 saturated heterocycles. The third kappa shape index (κ3) is 5.48. The van der Waals surface area contributed by atoms with Gasteiger partial charge in [0.1, 0.15) is 6.07 Å². The first kappa shape index (κ1) is 23.8. The number of carbonyl (C=O) groups excluding carboxylic acids is 1. The zero-order chi connectivity index (χ0) is 23.3. The Morgan fingerprint density at radius 2 is 1.53 bits per heavy atom. The fourth-order valence-electron chi connectivity index (χ4n) is 3.55. The molecular weight excluding hydrogens is 448 g/mol. The fraction of sp³-hybridized carbons (Fsp3) is 0.231. The van der Waals surface area contributed by atoms with Crippen LogP contribution in [0.4, 0.5) is 4.39 Å². The van der Waals surface area contributed by atoms with Gasteiger partial charge in [-0.2, -0.15) is 5.26 Å². The lowest BCUT2D eigenvalue weighted by Crippen LogP contribution is -2.22. The van der Waals surface area contributed by atoms with Crippen molar-refractivity contribution in [2.45, 2.75) is 32.0 Å². The maximum Gasteiger partial charge on any atom is 0.315 e. The summed E-state index contributed by atoms with van der Waals surface area (Å²) in [5, 5.41) is 10.4. The van der Waals surface area contributed by atoms with Gasteiger partial charge in [0.15, 0.2) is 6.17 Å². The van der Waals surface area contributed by atoms with Crippen molar-refractivity contribution < 1.29 is 13.9 Å². The lowest BCUT2D eigenvalue weighted by molar-refractivity contribution is -0.150. The van der Waals surface area contributed by atoms with Crippen molar-refractivity contribution in [2.75, 3.05) is 0 Å². The molecule has 0 heterocycles. The van der Waals surface area contributed by atoms with Gasteiger partial charge < -0.3 is 4.74 Å². The quantitative estimate of drug-likeness (QED) is 0.334. The van der Waals surface area contributed by atoms with Crippen LogP contribution in [-0.4, -0.2) is 5.97 Å². The van der Waals surface area contributed by atoms with Gasteiger partial charge in [0, 0.05) is 5.56 Å². The van der Waals surface area contributed by atoms with E-state index in [0.717, 1.165) is 0 Å². The summed E-state index contributed by atoms with van der Waals surface area (Å²) in [6.07, 6.45) is -2.53. The molecule has 0 amide bonds. The monoisotopic (exact) mass is 469 g/mol. The number of nitriles is 1. The van der Waals surface area contributed by atoms with Crippen LogP contribution >= 0.6 is 23.2 Å². The molecule has 0 aliphatic heterocycles. The van der Waals surface area contributed by atoms with Crippen LogP contribution in [0.2, 0.25) is 10.0 Å². The van der Waals surface area contributed by atoms with Crippen LogP contribution in [0.3, 0.4) is 0 Å². The number of hydrogen-bond acceptors (Lipinski definition) is 3. The van der Waals surface area contributed by atoms with E-state index in [1.54, 1.807) is 66.7 Å². The Bertz CT molecular complexity index is 1130. The van der Waals surface area contributed by atoms with Crippen molar-refractivity contribution in [2.24, 2.45) is 5.92 Å². The molecule has 0 N–H and O–H groups in total. The summed E-state index contributed by atoms with van der Waals surface area (Å²) < 4.78 is 20.6. The summed E-state index contributed by atoms with van der Waals surface area (Å²) in [6, 6.07) is 22.2. The predicted octanol–water partition coefficient (Wildman–Crippen LogP) is 7.60. The highest BCUT2D eigenvalue weighted by Crippen LogP contribution is 2.34. The number of esters is 1. The molecule has 0 bridgehead atoms. The molecule has 3 rings (SSSR count). The molecule has 0 radical (unpaired) electrons. The SMILES string of the molecule is CC(C)C(C(=O)OC(C#N)c1cccc(C(F)c2ccccc2)c1)c1ccc(Cl)c(Cl)c1. The third-order valence-corrected chi connectivity index (χ3v) is 5.91. The van der Waals surface area contributed by atoms with E-state index in [1.807, 2.05) is 26.0 Å². The molecular formula is C26H22Cl2FNO2. The summed E-state index contributed by atoms with van der Waals surface area (Å²) in [5.41, 5.74) is 1.95. The molecule has 0 aliphatic carbocycles. The molecule has 32 heavy (non-hydrogen) atoms. The van der Waals surface area contributed by atoms with E-state index < -0.39 is 24.2 Å². The van der Waals surface area contributed by atoms with E-state index in [1.165, 1.54) is 0 Å². The Balaban J connectivity index is 1.84. The molecule has 3 nitrogen and oxygen atoms in total. The second-order valence-corrected chi connectivity index (χ2v) is 8.60. The maximum atomic E-state index is 15.0. The Hall–Kier alpha value is -2.87. The smallest absolute Gasteiger partial charge is 0.315 e. The Morgan fingerprint density at radius 3 is 2.16 bits per heavy atom. The number of rotatable bonds is 7. The minimum atomic E-state index is -1.36. The highest BCUT2D eigenvalue weighted by atomic mass is 35.5. The van der Waals surface area contributed by atoms with Gasteiger partial charge in [-0.15, -0.1) is 0 Å². The molecule has 164 valence electrons. The van der Waals surface area contributed by atoms with Crippen LogP contribution < -0.4 is 0 Å². The zero-order valence-electron chi connectivity index (χ0n) is 17.6. The summed E-state index contributed by atoms with van der Waals surface area (Å²) >= 11 is 12.1. The Kier molecular flexibility index (Phi) is 7.90. The summed E-state index contributed by atoms with van der Waals surface area (Å²) in [7, 11) is 0. The van der Waals surface area contributed by atoms with Crippen molar-refractivity contribution in [3.05, 3.63) is 105 Å². The minimum absolute atomic E-state index is 0.112. The van der Waals surface area contributed by atoms with Gasteiger partial charge in [-0.1, -0.05) is 91.6 Å². The van der Waals surface area contributed by atoms with E-state index in [4.69, 9.17) is 27.9 Å². The minimum Gasteiger partial charge on any atom is -0.441 e. The van der Waals surface area contributed by atoms with Gasteiger partial charge in [0.2, 0.25) is 6.10 Å². The van der Waals surface area contributed by atoms with Gasteiger partial charge in [-0.25, -0.2) is 4.39 Å². The van der Waals surface area contributed by atoms with Gasteiger partial charge in [0.05, 0.1) is 16.0 Å². The molecule has 3 atom stereocenters. The number of halogens is 3. The molecule has 0 aliphatic rings. The first-order chi connectivity index (χ1) is 15.3. The van der Waals surface area contributed by atoms with Crippen molar-refractivity contribution in [1.82, 2.24) is 0 Å². The topological polar surface area (TPSA) is 50.1 Å². The second kappa shape index (κ2) is 10.6. The van der Waals surface area contributed by atoms with Crippen molar-refractivity contribution >= 4 is 29.2 Å². The van der Waals surface area contributed by atoms with E-state index in [9.17, 15) is 14.4 Å². The number of carbonyl (C=O) groups is 1. The molecule has 0 saturated carbocycles. The average molecular weight is 470 g/mol. The first-order valence-electron chi connectivity index (χ1n) is 10.2. The van der Waals surface area contributed by atoms with Gasteiger partial charge in [-0.05, 0) is 40.8 Å². The van der Waals surface area contributed by atoms with Crippen molar-refractivity contribution in [3.8, 4) is 6.07 Å². The van der Waals surface area contributed by atoms with Crippen LogP contribution in [0.25, 0.3) is 0 Å². The summed E-state index contributed by atoms with van der Waals surface area (Å²) in [4.78, 5) is 13.0. The first-order valence-corrected chi connectivity index (χ1v) is 10.9. The van der Waals surface area contributed by atoms with Crippen molar-refractivity contribution in [1.29, 1.82) is 5.26 Å². The molecule has 0 aromatic heterocycles. The summed E-state index contributed by atoms with van der Waals surface area (Å²) in [6.45, 7) is 3.76. The fourth-order valence-corrected chi connectivity index (χ4v) is 3.86. The number of benzene rings is 3. The van der Waals surface area contributed by atoms with E-state index in [-0.39, 0.29) is 5.92 Å². The van der Waals surface area contributed by atoms with E-state index in [0.29, 0.717) is 32.3 Å². The molecule has 0 spiro atoms. The lowest BCUT2D eigenvalue weighted by atomic mass is 9.88. The van der Waals surface area contributed by atoms with Gasteiger partial charge in [0.25, 0.3) is 0 Å². The molecule has 3 aromatic rings. The maximum absolute atomic E-state index is 15.0. The normalized spacial score (nSPS) is 13.8. The highest BCUT2D eigenvalue weighted by Gasteiger charge is 2.29.